The highest BCUT2D eigenvalue weighted by Crippen LogP contribution is 2.16. The minimum Gasteiger partial charge on any atom is -0.454 e. The van der Waals surface area contributed by atoms with Crippen molar-refractivity contribution in [2.24, 2.45) is 0 Å². The van der Waals surface area contributed by atoms with Crippen molar-refractivity contribution >= 4 is 39.4 Å². The fourth-order valence-electron chi connectivity index (χ4n) is 2.45. The maximum Gasteiger partial charge on any atom is 0.331 e. The fourth-order valence-corrected chi connectivity index (χ4v) is 2.72. The Kier molecular flexibility index (Phi) is 7.60. The van der Waals surface area contributed by atoms with Gasteiger partial charge >= 0.3 is 5.97 Å². The van der Waals surface area contributed by atoms with Gasteiger partial charge in [0.15, 0.2) is 12.4 Å². The molecule has 2 rings (SSSR count). The third kappa shape index (κ3) is 5.85. The van der Waals surface area contributed by atoms with Crippen LogP contribution in [0.4, 0.5) is 5.69 Å². The third-order valence-corrected chi connectivity index (χ3v) is 4.47. The Bertz CT molecular complexity index is 763. The summed E-state index contributed by atoms with van der Waals surface area (Å²) in [5, 5.41) is 0. The van der Waals surface area contributed by atoms with Crippen LogP contribution >= 0.6 is 15.9 Å². The van der Waals surface area contributed by atoms with Gasteiger partial charge in [-0.15, -0.1) is 0 Å². The number of ether oxygens (including phenoxy) is 1. The van der Waals surface area contributed by atoms with Gasteiger partial charge in [-0.25, -0.2) is 4.79 Å². The second kappa shape index (κ2) is 9.92. The lowest BCUT2D eigenvalue weighted by Gasteiger charge is -2.20. The van der Waals surface area contributed by atoms with Crippen LogP contribution in [0.2, 0.25) is 0 Å². The van der Waals surface area contributed by atoms with Crippen molar-refractivity contribution in [1.29, 1.82) is 0 Å². The summed E-state index contributed by atoms with van der Waals surface area (Å²) in [6.45, 7) is 5.85. The Balaban J connectivity index is 1.87. The van der Waals surface area contributed by atoms with Gasteiger partial charge in [0.25, 0.3) is 0 Å². The lowest BCUT2D eigenvalue weighted by atomic mass is 10.1. The number of ketones is 1. The predicted octanol–water partition coefficient (Wildman–Crippen LogP) is 4.73. The number of esters is 1. The Morgan fingerprint density at radius 2 is 1.62 bits per heavy atom. The third-order valence-electron chi connectivity index (χ3n) is 3.95. The molecule has 0 aromatic heterocycles. The van der Waals surface area contributed by atoms with Gasteiger partial charge in [0.05, 0.1) is 0 Å². The highest BCUT2D eigenvalue weighted by atomic mass is 79.9. The van der Waals surface area contributed by atoms with E-state index in [2.05, 4.69) is 34.7 Å². The molecular weight excluding hydrogens is 394 g/mol. The van der Waals surface area contributed by atoms with Crippen molar-refractivity contribution in [1.82, 2.24) is 0 Å². The number of carbonyl (C=O) groups excluding carboxylic acids is 2. The van der Waals surface area contributed by atoms with Crippen LogP contribution in [-0.4, -0.2) is 31.4 Å². The SMILES string of the molecule is CCN(CC)c1ccc(/C=C/C(=O)OCC(=O)c2ccc(Br)cc2)cc1. The number of Topliss-reactive ketones (excluding diaryl/α,β-unsaturated/α-hetero) is 1. The maximum absolute atomic E-state index is 12.0. The highest BCUT2D eigenvalue weighted by Gasteiger charge is 2.08. The molecule has 0 saturated heterocycles. The van der Waals surface area contributed by atoms with Crippen molar-refractivity contribution in [3.8, 4) is 0 Å². The van der Waals surface area contributed by atoms with Gasteiger partial charge < -0.3 is 9.64 Å². The van der Waals surface area contributed by atoms with E-state index in [0.717, 1.165) is 28.8 Å². The predicted molar refractivity (Wildman–Crippen MR) is 108 cm³/mol. The molecule has 5 heteroatoms. The maximum atomic E-state index is 12.0. The summed E-state index contributed by atoms with van der Waals surface area (Å²) >= 11 is 3.31. The lowest BCUT2D eigenvalue weighted by molar-refractivity contribution is -0.136. The first-order chi connectivity index (χ1) is 12.5. The number of rotatable bonds is 8. The minimum absolute atomic E-state index is 0.233. The Labute approximate surface area is 162 Å². The molecule has 0 saturated carbocycles. The molecule has 26 heavy (non-hydrogen) atoms. The summed E-state index contributed by atoms with van der Waals surface area (Å²) in [6.07, 6.45) is 3.01. The quantitative estimate of drug-likeness (QED) is 0.355. The Hall–Kier alpha value is -2.40. The largest absolute Gasteiger partial charge is 0.454 e. The highest BCUT2D eigenvalue weighted by molar-refractivity contribution is 9.10. The van der Waals surface area contributed by atoms with Crippen LogP contribution in [0.3, 0.4) is 0 Å². The average molecular weight is 416 g/mol. The molecule has 0 fully saturated rings. The zero-order valence-electron chi connectivity index (χ0n) is 14.9. The van der Waals surface area contributed by atoms with E-state index in [9.17, 15) is 9.59 Å². The molecule has 2 aromatic carbocycles. The second-order valence-electron chi connectivity index (χ2n) is 5.63. The van der Waals surface area contributed by atoms with Crippen molar-refractivity contribution in [2.45, 2.75) is 13.8 Å². The topological polar surface area (TPSA) is 46.6 Å². The monoisotopic (exact) mass is 415 g/mol. The van der Waals surface area contributed by atoms with Crippen LogP contribution in [0.25, 0.3) is 6.08 Å². The van der Waals surface area contributed by atoms with E-state index in [0.29, 0.717) is 5.56 Å². The number of anilines is 1. The van der Waals surface area contributed by atoms with E-state index in [1.54, 1.807) is 30.3 Å². The van der Waals surface area contributed by atoms with Crippen molar-refractivity contribution in [2.75, 3.05) is 24.6 Å². The Morgan fingerprint density at radius 1 is 1.00 bits per heavy atom. The number of carbonyl (C=O) groups is 2. The standard InChI is InChI=1S/C21H22BrNO3/c1-3-23(4-2)19-12-5-16(6-13-19)7-14-21(25)26-15-20(24)17-8-10-18(22)11-9-17/h5-14H,3-4,15H2,1-2H3/b14-7+. The molecule has 0 aliphatic heterocycles. The van der Waals surface area contributed by atoms with Crippen LogP contribution in [-0.2, 0) is 9.53 Å². The number of hydrogen-bond donors (Lipinski definition) is 0. The number of benzene rings is 2. The molecule has 0 spiro atoms. The average Bonchev–Trinajstić information content (AvgIpc) is 2.67. The summed E-state index contributed by atoms with van der Waals surface area (Å²) < 4.78 is 5.90. The van der Waals surface area contributed by atoms with Crippen LogP contribution < -0.4 is 4.90 Å². The van der Waals surface area contributed by atoms with Gasteiger partial charge in [-0.05, 0) is 49.8 Å². The first-order valence-electron chi connectivity index (χ1n) is 8.52. The summed E-state index contributed by atoms with van der Waals surface area (Å²) in [7, 11) is 0. The molecule has 0 atom stereocenters. The second-order valence-corrected chi connectivity index (χ2v) is 6.55. The molecule has 0 aliphatic rings. The zero-order valence-corrected chi connectivity index (χ0v) is 16.5. The molecule has 0 unspecified atom stereocenters. The molecule has 0 aliphatic carbocycles. The smallest absolute Gasteiger partial charge is 0.331 e. The molecular formula is C21H22BrNO3. The van der Waals surface area contributed by atoms with Gasteiger partial charge in [-0.2, -0.15) is 0 Å². The summed E-state index contributed by atoms with van der Waals surface area (Å²) in [5.74, 6) is -0.772. The van der Waals surface area contributed by atoms with Crippen molar-refractivity contribution in [3.05, 3.63) is 70.2 Å². The number of hydrogen-bond acceptors (Lipinski definition) is 4. The summed E-state index contributed by atoms with van der Waals surface area (Å²) in [5.41, 5.74) is 2.56. The summed E-state index contributed by atoms with van der Waals surface area (Å²) in [6, 6.07) is 14.9. The van der Waals surface area contributed by atoms with Gasteiger partial charge in [0.2, 0.25) is 0 Å². The normalized spacial score (nSPS) is 10.7. The first-order valence-corrected chi connectivity index (χ1v) is 9.31. The van der Waals surface area contributed by atoms with Gasteiger partial charge in [-0.3, -0.25) is 4.79 Å². The minimum atomic E-state index is -0.539. The van der Waals surface area contributed by atoms with E-state index in [-0.39, 0.29) is 12.4 Å². The van der Waals surface area contributed by atoms with Crippen LogP contribution in [0, 0.1) is 0 Å². The molecule has 0 bridgehead atoms. The molecule has 0 heterocycles. The van der Waals surface area contributed by atoms with E-state index in [4.69, 9.17) is 4.74 Å². The van der Waals surface area contributed by atoms with Gasteiger partial charge in [0.1, 0.15) is 0 Å². The first kappa shape index (κ1) is 19.9. The molecule has 0 N–H and O–H groups in total. The van der Waals surface area contributed by atoms with E-state index in [1.807, 2.05) is 24.3 Å². The number of halogens is 1. The van der Waals surface area contributed by atoms with Crippen molar-refractivity contribution in [3.63, 3.8) is 0 Å². The van der Waals surface area contributed by atoms with Crippen LogP contribution in [0.15, 0.2) is 59.1 Å². The van der Waals surface area contributed by atoms with E-state index < -0.39 is 5.97 Å². The van der Waals surface area contributed by atoms with Gasteiger partial charge in [-0.1, -0.05) is 40.2 Å². The Morgan fingerprint density at radius 3 is 2.19 bits per heavy atom. The van der Waals surface area contributed by atoms with Gasteiger partial charge in [0, 0.05) is 34.9 Å². The van der Waals surface area contributed by atoms with E-state index in [1.165, 1.54) is 6.08 Å². The number of nitrogens with zero attached hydrogens (tertiary/aromatic N) is 1. The fraction of sp³-hybridized carbons (Fsp3) is 0.238. The zero-order chi connectivity index (χ0) is 18.9. The molecule has 0 amide bonds. The molecule has 136 valence electrons. The van der Waals surface area contributed by atoms with Crippen LogP contribution in [0.1, 0.15) is 29.8 Å². The summed E-state index contributed by atoms with van der Waals surface area (Å²) in [4.78, 5) is 26.0. The van der Waals surface area contributed by atoms with Crippen molar-refractivity contribution < 1.29 is 14.3 Å². The van der Waals surface area contributed by atoms with E-state index >= 15 is 0 Å². The lowest BCUT2D eigenvalue weighted by Crippen LogP contribution is -2.21. The molecule has 4 nitrogen and oxygen atoms in total. The van der Waals surface area contributed by atoms with Crippen LogP contribution in [0.5, 0.6) is 0 Å². The molecule has 2 aromatic rings. The molecule has 0 radical (unpaired) electrons.